The zero-order chi connectivity index (χ0) is 15.6. The zero-order valence-electron chi connectivity index (χ0n) is 13.4. The summed E-state index contributed by atoms with van der Waals surface area (Å²) in [4.78, 5) is 0. The molecule has 0 heterocycles. The van der Waals surface area contributed by atoms with Gasteiger partial charge in [0.25, 0.3) is 0 Å². The second-order valence-electron chi connectivity index (χ2n) is 7.05. The molecule has 0 heteroatoms. The Morgan fingerprint density at radius 1 is 0.652 bits per heavy atom. The van der Waals surface area contributed by atoms with Gasteiger partial charge in [-0.25, -0.2) is 0 Å². The third-order valence-corrected chi connectivity index (χ3v) is 5.40. The van der Waals surface area contributed by atoms with Crippen LogP contribution in [0.25, 0.3) is 32.7 Å². The minimum absolute atomic E-state index is 0.00403. The van der Waals surface area contributed by atoms with E-state index in [-0.39, 0.29) is 5.41 Å². The summed E-state index contributed by atoms with van der Waals surface area (Å²) in [5, 5.41) is 5.49. The number of hydrogen-bond donors (Lipinski definition) is 0. The monoisotopic (exact) mass is 294 g/mol. The summed E-state index contributed by atoms with van der Waals surface area (Å²) in [5.74, 6) is 0. The van der Waals surface area contributed by atoms with Crippen LogP contribution in [0.5, 0.6) is 0 Å². The molecule has 1 aliphatic rings. The highest BCUT2D eigenvalue weighted by molar-refractivity contribution is 6.11. The molecule has 0 spiro atoms. The molecule has 23 heavy (non-hydrogen) atoms. The van der Waals surface area contributed by atoms with Gasteiger partial charge in [0, 0.05) is 5.41 Å². The maximum absolute atomic E-state index is 2.36. The van der Waals surface area contributed by atoms with Gasteiger partial charge in [-0.2, -0.15) is 0 Å². The SMILES string of the molecule is CC1(C)c2ccccc2-c2cccc3cc4ccccc4c1c23. The first kappa shape index (κ1) is 12.9. The summed E-state index contributed by atoms with van der Waals surface area (Å²) in [6.45, 7) is 4.73. The van der Waals surface area contributed by atoms with Crippen LogP contribution in [-0.4, -0.2) is 0 Å². The number of hydrogen-bond acceptors (Lipinski definition) is 0. The van der Waals surface area contributed by atoms with Crippen molar-refractivity contribution in [3.05, 3.63) is 83.9 Å². The molecule has 0 atom stereocenters. The molecule has 0 saturated heterocycles. The minimum atomic E-state index is 0.00403. The summed E-state index contributed by atoms with van der Waals surface area (Å²) in [7, 11) is 0. The van der Waals surface area contributed by atoms with Crippen LogP contribution >= 0.6 is 0 Å². The van der Waals surface area contributed by atoms with Gasteiger partial charge in [0.15, 0.2) is 0 Å². The first-order valence-electron chi connectivity index (χ1n) is 8.23. The number of benzene rings is 4. The predicted molar refractivity (Wildman–Crippen MR) is 99.0 cm³/mol. The second-order valence-corrected chi connectivity index (χ2v) is 7.05. The van der Waals surface area contributed by atoms with Gasteiger partial charge in [0.05, 0.1) is 0 Å². The first-order chi connectivity index (χ1) is 11.2. The van der Waals surface area contributed by atoms with Crippen molar-refractivity contribution in [1.29, 1.82) is 0 Å². The molecule has 0 bridgehead atoms. The molecule has 0 amide bonds. The fourth-order valence-electron chi connectivity index (χ4n) is 4.39. The van der Waals surface area contributed by atoms with Crippen LogP contribution in [0.2, 0.25) is 0 Å². The van der Waals surface area contributed by atoms with E-state index in [1.807, 2.05) is 0 Å². The molecule has 110 valence electrons. The van der Waals surface area contributed by atoms with Gasteiger partial charge >= 0.3 is 0 Å². The molecule has 0 aliphatic heterocycles. The van der Waals surface area contributed by atoms with Crippen molar-refractivity contribution < 1.29 is 0 Å². The van der Waals surface area contributed by atoms with Crippen molar-refractivity contribution in [1.82, 2.24) is 0 Å². The van der Waals surface area contributed by atoms with E-state index in [1.54, 1.807) is 0 Å². The first-order valence-corrected chi connectivity index (χ1v) is 8.23. The van der Waals surface area contributed by atoms with Crippen LogP contribution in [0.4, 0.5) is 0 Å². The smallest absolute Gasteiger partial charge is 0.0165 e. The van der Waals surface area contributed by atoms with Gasteiger partial charge in [-0.3, -0.25) is 0 Å². The zero-order valence-corrected chi connectivity index (χ0v) is 13.4. The highest BCUT2D eigenvalue weighted by Crippen LogP contribution is 2.50. The van der Waals surface area contributed by atoms with E-state index >= 15 is 0 Å². The largest absolute Gasteiger partial charge is 0.0619 e. The van der Waals surface area contributed by atoms with Crippen molar-refractivity contribution in [2.24, 2.45) is 0 Å². The topological polar surface area (TPSA) is 0 Å². The molecule has 0 aromatic heterocycles. The maximum Gasteiger partial charge on any atom is 0.0165 e. The molecule has 0 fully saturated rings. The average molecular weight is 294 g/mol. The molecule has 0 saturated carbocycles. The van der Waals surface area contributed by atoms with E-state index in [2.05, 4.69) is 86.6 Å². The Hall–Kier alpha value is -2.60. The Balaban J connectivity index is 2.12. The quantitative estimate of drug-likeness (QED) is 0.334. The van der Waals surface area contributed by atoms with Crippen LogP contribution in [0.1, 0.15) is 25.0 Å². The lowest BCUT2D eigenvalue weighted by Crippen LogP contribution is -2.24. The van der Waals surface area contributed by atoms with Crippen LogP contribution in [0, 0.1) is 0 Å². The molecule has 4 aromatic carbocycles. The van der Waals surface area contributed by atoms with Crippen molar-refractivity contribution >= 4 is 21.5 Å². The Labute approximate surface area is 136 Å². The van der Waals surface area contributed by atoms with Gasteiger partial charge in [-0.15, -0.1) is 0 Å². The Kier molecular flexibility index (Phi) is 2.37. The van der Waals surface area contributed by atoms with Crippen LogP contribution in [0.3, 0.4) is 0 Å². The molecule has 4 aromatic rings. The summed E-state index contributed by atoms with van der Waals surface area (Å²) >= 11 is 0. The minimum Gasteiger partial charge on any atom is -0.0619 e. The normalized spacial score (nSPS) is 14.9. The Morgan fingerprint density at radius 2 is 1.35 bits per heavy atom. The van der Waals surface area contributed by atoms with E-state index < -0.39 is 0 Å². The summed E-state index contributed by atoms with van der Waals surface area (Å²) in [6, 6.07) is 26.7. The van der Waals surface area contributed by atoms with Crippen molar-refractivity contribution in [2.45, 2.75) is 19.3 Å². The summed E-state index contributed by atoms with van der Waals surface area (Å²) in [6.07, 6.45) is 0. The van der Waals surface area contributed by atoms with Gasteiger partial charge in [0.2, 0.25) is 0 Å². The molecular formula is C23H18. The molecule has 5 rings (SSSR count). The molecule has 0 nitrogen and oxygen atoms in total. The maximum atomic E-state index is 2.36. The Morgan fingerprint density at radius 3 is 2.26 bits per heavy atom. The molecule has 0 unspecified atom stereocenters. The van der Waals surface area contributed by atoms with E-state index in [0.29, 0.717) is 0 Å². The molecular weight excluding hydrogens is 276 g/mol. The fraction of sp³-hybridized carbons (Fsp3) is 0.130. The van der Waals surface area contributed by atoms with Gasteiger partial charge in [-0.05, 0) is 49.9 Å². The third-order valence-electron chi connectivity index (χ3n) is 5.40. The van der Waals surface area contributed by atoms with Crippen molar-refractivity contribution in [3.8, 4) is 11.1 Å². The van der Waals surface area contributed by atoms with E-state index in [0.717, 1.165) is 0 Å². The van der Waals surface area contributed by atoms with E-state index in [9.17, 15) is 0 Å². The second kappa shape index (κ2) is 4.23. The van der Waals surface area contributed by atoms with Crippen LogP contribution in [0.15, 0.2) is 72.8 Å². The fourth-order valence-corrected chi connectivity index (χ4v) is 4.39. The van der Waals surface area contributed by atoms with Gasteiger partial charge < -0.3 is 0 Å². The lowest BCUT2D eigenvalue weighted by atomic mass is 9.67. The van der Waals surface area contributed by atoms with Gasteiger partial charge in [0.1, 0.15) is 0 Å². The lowest BCUT2D eigenvalue weighted by molar-refractivity contribution is 0.651. The van der Waals surface area contributed by atoms with Crippen molar-refractivity contribution in [2.75, 3.05) is 0 Å². The third kappa shape index (κ3) is 1.56. The standard InChI is InChI=1S/C23H18/c1-23(2)20-13-6-5-11-18(20)19-12-7-9-16-14-15-8-3-4-10-17(15)22(23)21(16)19/h3-14H,1-2H3. The summed E-state index contributed by atoms with van der Waals surface area (Å²) in [5.41, 5.74) is 5.66. The van der Waals surface area contributed by atoms with E-state index in [1.165, 1.54) is 43.8 Å². The lowest BCUT2D eigenvalue weighted by Gasteiger charge is -2.36. The van der Waals surface area contributed by atoms with Crippen LogP contribution < -0.4 is 0 Å². The Bertz CT molecular complexity index is 1080. The van der Waals surface area contributed by atoms with E-state index in [4.69, 9.17) is 0 Å². The predicted octanol–water partition coefficient (Wildman–Crippen LogP) is 6.30. The molecule has 0 N–H and O–H groups in total. The number of fused-ring (bicyclic) bond motifs is 4. The average Bonchev–Trinajstić information content (AvgIpc) is 2.58. The highest BCUT2D eigenvalue weighted by atomic mass is 14.4. The van der Waals surface area contributed by atoms with Gasteiger partial charge in [-0.1, -0.05) is 80.6 Å². The van der Waals surface area contributed by atoms with Crippen LogP contribution in [-0.2, 0) is 5.41 Å². The summed E-state index contributed by atoms with van der Waals surface area (Å²) < 4.78 is 0. The number of rotatable bonds is 0. The highest BCUT2D eigenvalue weighted by Gasteiger charge is 2.34. The van der Waals surface area contributed by atoms with Crippen molar-refractivity contribution in [3.63, 3.8) is 0 Å². The molecule has 1 aliphatic carbocycles. The molecule has 0 radical (unpaired) electrons.